The summed E-state index contributed by atoms with van der Waals surface area (Å²) in [5, 5.41) is 7.26. The van der Waals surface area contributed by atoms with E-state index < -0.39 is 0 Å². The van der Waals surface area contributed by atoms with Crippen LogP contribution in [0, 0.1) is 0 Å². The van der Waals surface area contributed by atoms with Gasteiger partial charge in [0.15, 0.2) is 5.96 Å². The van der Waals surface area contributed by atoms with Crippen molar-refractivity contribution in [2.45, 2.75) is 37.9 Å². The van der Waals surface area contributed by atoms with E-state index in [1.54, 1.807) is 0 Å². The monoisotopic (exact) mass is 298 g/mol. The van der Waals surface area contributed by atoms with Crippen LogP contribution in [0.1, 0.15) is 32.6 Å². The fourth-order valence-electron chi connectivity index (χ4n) is 2.57. The van der Waals surface area contributed by atoms with Crippen molar-refractivity contribution in [3.05, 3.63) is 0 Å². The molecule has 1 amide bonds. The summed E-state index contributed by atoms with van der Waals surface area (Å²) in [6.45, 7) is 5.86. The average Bonchev–Trinajstić information content (AvgIpc) is 3.13. The summed E-state index contributed by atoms with van der Waals surface area (Å²) < 4.78 is 0. The fourth-order valence-corrected chi connectivity index (χ4v) is 3.77. The summed E-state index contributed by atoms with van der Waals surface area (Å²) in [6.07, 6.45) is 4.86. The van der Waals surface area contributed by atoms with Gasteiger partial charge in [0.05, 0.1) is 0 Å². The smallest absolute Gasteiger partial charge is 0.244 e. The zero-order valence-corrected chi connectivity index (χ0v) is 13.2. The number of hydrogen-bond donors (Lipinski definition) is 2. The summed E-state index contributed by atoms with van der Waals surface area (Å²) in [7, 11) is 0. The van der Waals surface area contributed by atoms with Gasteiger partial charge in [0, 0.05) is 31.4 Å². The largest absolute Gasteiger partial charge is 0.357 e. The second kappa shape index (κ2) is 8.39. The van der Waals surface area contributed by atoms with E-state index in [0.29, 0.717) is 5.25 Å². The molecule has 1 atom stereocenters. The summed E-state index contributed by atoms with van der Waals surface area (Å²) in [4.78, 5) is 18.3. The first-order valence-corrected chi connectivity index (χ1v) is 8.76. The van der Waals surface area contributed by atoms with E-state index in [-0.39, 0.29) is 12.5 Å². The molecule has 5 nitrogen and oxygen atoms in total. The SMILES string of the molecule is CCNC(=NCC(=O)N1CCCC1)NCC1CCCS1. The van der Waals surface area contributed by atoms with Crippen molar-refractivity contribution in [2.24, 2.45) is 4.99 Å². The maximum absolute atomic E-state index is 12.0. The molecule has 0 aromatic heterocycles. The first-order chi connectivity index (χ1) is 9.79. The van der Waals surface area contributed by atoms with Crippen LogP contribution in [0.3, 0.4) is 0 Å². The van der Waals surface area contributed by atoms with Crippen LogP contribution in [0.4, 0.5) is 0 Å². The van der Waals surface area contributed by atoms with Crippen molar-refractivity contribution < 1.29 is 4.79 Å². The number of aliphatic imine (C=N–C) groups is 1. The highest BCUT2D eigenvalue weighted by atomic mass is 32.2. The maximum atomic E-state index is 12.0. The van der Waals surface area contributed by atoms with Crippen molar-refractivity contribution in [1.82, 2.24) is 15.5 Å². The lowest BCUT2D eigenvalue weighted by Gasteiger charge is -2.16. The number of carbonyl (C=O) groups excluding carboxylic acids is 1. The molecule has 0 aromatic carbocycles. The number of nitrogens with one attached hydrogen (secondary N) is 2. The van der Waals surface area contributed by atoms with E-state index in [9.17, 15) is 4.79 Å². The Morgan fingerprint density at radius 1 is 1.30 bits per heavy atom. The predicted octanol–water partition coefficient (Wildman–Crippen LogP) is 1.06. The Hall–Kier alpha value is -0.910. The maximum Gasteiger partial charge on any atom is 0.244 e. The number of carbonyl (C=O) groups is 1. The molecule has 2 saturated heterocycles. The molecular weight excluding hydrogens is 272 g/mol. The number of nitrogens with zero attached hydrogens (tertiary/aromatic N) is 2. The molecule has 0 aliphatic carbocycles. The van der Waals surface area contributed by atoms with Crippen molar-refractivity contribution >= 4 is 23.6 Å². The second-order valence-corrected chi connectivity index (χ2v) is 6.71. The van der Waals surface area contributed by atoms with Crippen LogP contribution in [-0.2, 0) is 4.79 Å². The minimum Gasteiger partial charge on any atom is -0.357 e. The molecule has 2 N–H and O–H groups in total. The zero-order chi connectivity index (χ0) is 14.2. The fraction of sp³-hybridized carbons (Fsp3) is 0.857. The Bertz CT molecular complexity index is 336. The third-order valence-electron chi connectivity index (χ3n) is 3.70. The van der Waals surface area contributed by atoms with Gasteiger partial charge in [-0.2, -0.15) is 11.8 Å². The summed E-state index contributed by atoms with van der Waals surface area (Å²) >= 11 is 2.03. The van der Waals surface area contributed by atoms with Gasteiger partial charge in [-0.1, -0.05) is 0 Å². The lowest BCUT2D eigenvalue weighted by Crippen LogP contribution is -2.41. The summed E-state index contributed by atoms with van der Waals surface area (Å²) in [6, 6.07) is 0. The highest BCUT2D eigenvalue weighted by Gasteiger charge is 2.18. The number of thioether (sulfide) groups is 1. The van der Waals surface area contributed by atoms with Gasteiger partial charge < -0.3 is 15.5 Å². The second-order valence-electron chi connectivity index (χ2n) is 5.30. The Morgan fingerprint density at radius 2 is 2.10 bits per heavy atom. The third kappa shape index (κ3) is 4.89. The number of rotatable bonds is 5. The normalized spacial score (nSPS) is 23.1. The molecule has 2 fully saturated rings. The molecule has 2 rings (SSSR count). The third-order valence-corrected chi connectivity index (χ3v) is 5.09. The molecule has 0 aromatic rings. The van der Waals surface area contributed by atoms with Crippen molar-refractivity contribution in [2.75, 3.05) is 38.5 Å². The van der Waals surface area contributed by atoms with Crippen molar-refractivity contribution in [3.8, 4) is 0 Å². The molecule has 2 heterocycles. The molecule has 6 heteroatoms. The number of guanidine groups is 1. The predicted molar refractivity (Wildman–Crippen MR) is 85.3 cm³/mol. The summed E-state index contributed by atoms with van der Waals surface area (Å²) in [5.74, 6) is 2.19. The van der Waals surface area contributed by atoms with E-state index in [4.69, 9.17) is 0 Å². The van der Waals surface area contributed by atoms with E-state index in [1.165, 1.54) is 18.6 Å². The number of likely N-dealkylation sites (tertiary alicyclic amines) is 1. The topological polar surface area (TPSA) is 56.7 Å². The Balaban J connectivity index is 1.76. The highest BCUT2D eigenvalue weighted by Crippen LogP contribution is 2.25. The molecular formula is C14H26N4OS. The lowest BCUT2D eigenvalue weighted by molar-refractivity contribution is -0.128. The molecule has 0 spiro atoms. The zero-order valence-electron chi connectivity index (χ0n) is 12.4. The van der Waals surface area contributed by atoms with E-state index in [2.05, 4.69) is 15.6 Å². The van der Waals surface area contributed by atoms with Gasteiger partial charge in [0.1, 0.15) is 6.54 Å². The molecule has 0 bridgehead atoms. The van der Waals surface area contributed by atoms with Crippen LogP contribution in [0.5, 0.6) is 0 Å². The van der Waals surface area contributed by atoms with Gasteiger partial charge in [0.2, 0.25) is 5.91 Å². The minimum atomic E-state index is 0.148. The van der Waals surface area contributed by atoms with Crippen molar-refractivity contribution in [1.29, 1.82) is 0 Å². The van der Waals surface area contributed by atoms with Crippen LogP contribution in [0.15, 0.2) is 4.99 Å². The lowest BCUT2D eigenvalue weighted by atomic mass is 10.2. The van der Waals surface area contributed by atoms with Crippen LogP contribution >= 0.6 is 11.8 Å². The Labute approximate surface area is 126 Å². The standard InChI is InChI=1S/C14H26N4OS/c1-2-15-14(16-10-12-6-5-9-20-12)17-11-13(19)18-7-3-4-8-18/h12H,2-11H2,1H3,(H2,15,16,17). The van der Waals surface area contributed by atoms with Gasteiger partial charge in [-0.15, -0.1) is 0 Å². The molecule has 2 aliphatic heterocycles. The Morgan fingerprint density at radius 3 is 2.75 bits per heavy atom. The summed E-state index contributed by atoms with van der Waals surface area (Å²) in [5.41, 5.74) is 0. The quantitative estimate of drug-likeness (QED) is 0.589. The van der Waals surface area contributed by atoms with E-state index >= 15 is 0 Å². The van der Waals surface area contributed by atoms with Crippen LogP contribution in [0.2, 0.25) is 0 Å². The first kappa shape index (κ1) is 15.5. The van der Waals surface area contributed by atoms with Gasteiger partial charge in [-0.25, -0.2) is 4.99 Å². The highest BCUT2D eigenvalue weighted by molar-refractivity contribution is 8.00. The number of amides is 1. The molecule has 0 radical (unpaired) electrons. The molecule has 1 unspecified atom stereocenters. The van der Waals surface area contributed by atoms with Crippen LogP contribution in [-0.4, -0.2) is 60.5 Å². The van der Waals surface area contributed by atoms with Crippen molar-refractivity contribution in [3.63, 3.8) is 0 Å². The molecule has 20 heavy (non-hydrogen) atoms. The van der Waals surface area contributed by atoms with Gasteiger partial charge in [0.25, 0.3) is 0 Å². The van der Waals surface area contributed by atoms with Gasteiger partial charge in [-0.3, -0.25) is 4.79 Å². The van der Waals surface area contributed by atoms with Crippen LogP contribution < -0.4 is 10.6 Å². The average molecular weight is 298 g/mol. The number of hydrogen-bond acceptors (Lipinski definition) is 3. The van der Waals surface area contributed by atoms with Gasteiger partial charge >= 0.3 is 0 Å². The van der Waals surface area contributed by atoms with E-state index in [0.717, 1.165) is 45.0 Å². The molecule has 114 valence electrons. The van der Waals surface area contributed by atoms with E-state index in [1.807, 2.05) is 23.6 Å². The van der Waals surface area contributed by atoms with Crippen LogP contribution in [0.25, 0.3) is 0 Å². The minimum absolute atomic E-state index is 0.148. The molecule has 0 saturated carbocycles. The molecule has 2 aliphatic rings. The van der Waals surface area contributed by atoms with Gasteiger partial charge in [-0.05, 0) is 38.4 Å². The Kier molecular flexibility index (Phi) is 6.50. The first-order valence-electron chi connectivity index (χ1n) is 7.71.